The summed E-state index contributed by atoms with van der Waals surface area (Å²) in [5, 5.41) is 0.451. The van der Waals surface area contributed by atoms with Crippen molar-refractivity contribution in [3.63, 3.8) is 0 Å². The average Bonchev–Trinajstić information content (AvgIpc) is 2.43. The molecule has 1 aliphatic heterocycles. The maximum absolute atomic E-state index is 6.19. The molecule has 6 heteroatoms. The molecule has 106 valence electrons. The van der Waals surface area contributed by atoms with Crippen molar-refractivity contribution in [2.75, 3.05) is 19.8 Å². The van der Waals surface area contributed by atoms with Crippen LogP contribution < -0.4 is 0 Å². The lowest BCUT2D eigenvalue weighted by atomic mass is 9.92. The smallest absolute Gasteiger partial charge is 0.162 e. The van der Waals surface area contributed by atoms with E-state index < -0.39 is 5.60 Å². The van der Waals surface area contributed by atoms with Crippen molar-refractivity contribution in [2.45, 2.75) is 38.7 Å². The number of aryl methyl sites for hydroxylation is 1. The monoisotopic (exact) mass is 348 g/mol. The topological polar surface area (TPSA) is 44.2 Å². The third-order valence-electron chi connectivity index (χ3n) is 3.34. The third-order valence-corrected chi connectivity index (χ3v) is 4.68. The van der Waals surface area contributed by atoms with Crippen molar-refractivity contribution in [2.24, 2.45) is 0 Å². The predicted octanol–water partition coefficient (Wildman–Crippen LogP) is 3.50. The van der Waals surface area contributed by atoms with E-state index in [1.165, 1.54) is 0 Å². The van der Waals surface area contributed by atoms with Gasteiger partial charge in [-0.05, 0) is 29.3 Å². The van der Waals surface area contributed by atoms with Gasteiger partial charge in [-0.15, -0.1) is 0 Å². The van der Waals surface area contributed by atoms with Gasteiger partial charge in [0.05, 0.1) is 10.2 Å². The second-order valence-corrected chi connectivity index (χ2v) is 5.64. The predicted molar refractivity (Wildman–Crippen MR) is 77.5 cm³/mol. The Hall–Kier alpha value is -0.230. The van der Waals surface area contributed by atoms with Crippen molar-refractivity contribution in [3.8, 4) is 0 Å². The van der Waals surface area contributed by atoms with Crippen LogP contribution >= 0.6 is 27.5 Å². The molecule has 1 fully saturated rings. The van der Waals surface area contributed by atoms with Crippen molar-refractivity contribution < 1.29 is 9.47 Å². The van der Waals surface area contributed by atoms with Gasteiger partial charge in [-0.25, -0.2) is 9.97 Å². The third kappa shape index (κ3) is 3.10. The molecule has 0 N–H and O–H groups in total. The summed E-state index contributed by atoms with van der Waals surface area (Å²) in [6.45, 7) is 5.98. The first-order chi connectivity index (χ1) is 9.13. The average molecular weight is 350 g/mol. The van der Waals surface area contributed by atoms with Crippen LogP contribution in [0.15, 0.2) is 4.47 Å². The molecule has 0 bridgehead atoms. The molecule has 0 spiro atoms. The standard InChI is InChI=1S/C13H18BrClN2O2/c1-3-9-10(14)11(15)17-12(16-9)13(19-4-2)5-7-18-8-6-13/h3-8H2,1-2H3. The molecule has 2 rings (SSSR count). The van der Waals surface area contributed by atoms with Gasteiger partial charge in [0.1, 0.15) is 10.8 Å². The van der Waals surface area contributed by atoms with Crippen LogP contribution in [0.3, 0.4) is 0 Å². The normalized spacial score (nSPS) is 18.5. The van der Waals surface area contributed by atoms with Gasteiger partial charge in [-0.2, -0.15) is 0 Å². The van der Waals surface area contributed by atoms with E-state index in [1.807, 2.05) is 13.8 Å². The minimum absolute atomic E-state index is 0.451. The van der Waals surface area contributed by atoms with Crippen LogP contribution in [0.2, 0.25) is 5.15 Å². The van der Waals surface area contributed by atoms with E-state index in [9.17, 15) is 0 Å². The van der Waals surface area contributed by atoms with E-state index in [-0.39, 0.29) is 0 Å². The maximum Gasteiger partial charge on any atom is 0.162 e. The van der Waals surface area contributed by atoms with Gasteiger partial charge in [0.2, 0.25) is 0 Å². The minimum atomic E-state index is -0.457. The summed E-state index contributed by atoms with van der Waals surface area (Å²) in [6, 6.07) is 0. The summed E-state index contributed by atoms with van der Waals surface area (Å²) in [5.74, 6) is 0.683. The SMILES string of the molecule is CCOC1(c2nc(Cl)c(Br)c(CC)n2)CCOCC1. The zero-order chi connectivity index (χ0) is 13.9. The summed E-state index contributed by atoms with van der Waals surface area (Å²) >= 11 is 9.63. The molecule has 1 aromatic heterocycles. The lowest BCUT2D eigenvalue weighted by Crippen LogP contribution is -2.38. The minimum Gasteiger partial charge on any atom is -0.381 e. The fraction of sp³-hybridized carbons (Fsp3) is 0.692. The molecule has 1 aliphatic rings. The highest BCUT2D eigenvalue weighted by Gasteiger charge is 2.38. The summed E-state index contributed by atoms with van der Waals surface area (Å²) < 4.78 is 12.2. The van der Waals surface area contributed by atoms with Crippen molar-refractivity contribution in [3.05, 3.63) is 21.1 Å². The van der Waals surface area contributed by atoms with Crippen LogP contribution in [-0.2, 0) is 21.5 Å². The van der Waals surface area contributed by atoms with Gasteiger partial charge in [0, 0.05) is 32.7 Å². The molecule has 19 heavy (non-hydrogen) atoms. The number of ether oxygens (including phenoxy) is 2. The number of nitrogens with zero attached hydrogens (tertiary/aromatic N) is 2. The summed E-state index contributed by atoms with van der Waals surface area (Å²) in [5.41, 5.74) is 0.460. The maximum atomic E-state index is 6.19. The largest absolute Gasteiger partial charge is 0.381 e. The zero-order valence-electron chi connectivity index (χ0n) is 11.2. The summed E-state index contributed by atoms with van der Waals surface area (Å²) in [4.78, 5) is 9.07. The number of rotatable bonds is 4. The van der Waals surface area contributed by atoms with Crippen LogP contribution in [0.5, 0.6) is 0 Å². The molecule has 0 unspecified atom stereocenters. The van der Waals surface area contributed by atoms with Gasteiger partial charge in [0.25, 0.3) is 0 Å². The molecular formula is C13H18BrClN2O2. The van der Waals surface area contributed by atoms with Crippen molar-refractivity contribution >= 4 is 27.5 Å². The first-order valence-corrected chi connectivity index (χ1v) is 7.74. The summed E-state index contributed by atoms with van der Waals surface area (Å²) in [7, 11) is 0. The Morgan fingerprint density at radius 3 is 2.58 bits per heavy atom. The Morgan fingerprint density at radius 1 is 1.32 bits per heavy atom. The fourth-order valence-electron chi connectivity index (χ4n) is 2.31. The Morgan fingerprint density at radius 2 is 2.00 bits per heavy atom. The highest BCUT2D eigenvalue weighted by atomic mass is 79.9. The Kier molecular flexibility index (Phi) is 5.17. The van der Waals surface area contributed by atoms with Crippen molar-refractivity contribution in [1.82, 2.24) is 9.97 Å². The molecule has 0 radical (unpaired) electrons. The van der Waals surface area contributed by atoms with Crippen LogP contribution in [0.25, 0.3) is 0 Å². The van der Waals surface area contributed by atoms with Gasteiger partial charge in [-0.3, -0.25) is 0 Å². The fourth-order valence-corrected chi connectivity index (χ4v) is 2.96. The first-order valence-electron chi connectivity index (χ1n) is 6.57. The Labute approximate surface area is 127 Å². The van der Waals surface area contributed by atoms with Crippen LogP contribution in [0.4, 0.5) is 0 Å². The van der Waals surface area contributed by atoms with Gasteiger partial charge >= 0.3 is 0 Å². The lowest BCUT2D eigenvalue weighted by molar-refractivity contribution is -0.118. The van der Waals surface area contributed by atoms with Gasteiger partial charge in [-0.1, -0.05) is 18.5 Å². The highest BCUT2D eigenvalue weighted by molar-refractivity contribution is 9.10. The molecule has 4 nitrogen and oxygen atoms in total. The van der Waals surface area contributed by atoms with E-state index in [2.05, 4.69) is 25.9 Å². The molecule has 0 saturated carbocycles. The molecule has 2 heterocycles. The molecular weight excluding hydrogens is 332 g/mol. The molecule has 1 saturated heterocycles. The van der Waals surface area contributed by atoms with Crippen LogP contribution in [-0.4, -0.2) is 29.8 Å². The van der Waals surface area contributed by atoms with Gasteiger partial charge in [0.15, 0.2) is 5.82 Å². The van der Waals surface area contributed by atoms with E-state index in [0.29, 0.717) is 30.8 Å². The van der Waals surface area contributed by atoms with E-state index in [0.717, 1.165) is 29.4 Å². The molecule has 0 aliphatic carbocycles. The molecule has 0 amide bonds. The quantitative estimate of drug-likeness (QED) is 0.780. The molecule has 1 aromatic rings. The lowest BCUT2D eigenvalue weighted by Gasteiger charge is -2.35. The van der Waals surface area contributed by atoms with E-state index in [1.54, 1.807) is 0 Å². The number of aromatic nitrogens is 2. The van der Waals surface area contributed by atoms with Crippen LogP contribution in [0, 0.1) is 0 Å². The van der Waals surface area contributed by atoms with E-state index >= 15 is 0 Å². The Balaban J connectivity index is 2.44. The Bertz CT molecular complexity index is 445. The van der Waals surface area contributed by atoms with Crippen LogP contribution in [0.1, 0.15) is 38.2 Å². The number of hydrogen-bond acceptors (Lipinski definition) is 4. The van der Waals surface area contributed by atoms with Gasteiger partial charge < -0.3 is 9.47 Å². The summed E-state index contributed by atoms with van der Waals surface area (Å²) in [6.07, 6.45) is 2.33. The zero-order valence-corrected chi connectivity index (χ0v) is 13.6. The molecule has 0 aromatic carbocycles. The second kappa shape index (κ2) is 6.48. The number of halogens is 2. The highest BCUT2D eigenvalue weighted by Crippen LogP contribution is 2.36. The second-order valence-electron chi connectivity index (χ2n) is 4.49. The van der Waals surface area contributed by atoms with E-state index in [4.69, 9.17) is 21.1 Å². The van der Waals surface area contributed by atoms with Crippen molar-refractivity contribution in [1.29, 1.82) is 0 Å². The first kappa shape index (κ1) is 15.2. The molecule has 0 atom stereocenters. The number of hydrogen-bond donors (Lipinski definition) is 0.